The summed E-state index contributed by atoms with van der Waals surface area (Å²) in [6, 6.07) is 8.43. The first-order valence-electron chi connectivity index (χ1n) is 7.10. The van der Waals surface area contributed by atoms with Gasteiger partial charge in [0.1, 0.15) is 5.82 Å². The van der Waals surface area contributed by atoms with Crippen molar-refractivity contribution in [2.45, 2.75) is 27.3 Å². The first-order valence-corrected chi connectivity index (χ1v) is 7.10. The van der Waals surface area contributed by atoms with E-state index in [-0.39, 0.29) is 0 Å². The highest BCUT2D eigenvalue weighted by molar-refractivity contribution is 5.53. The Labute approximate surface area is 120 Å². The SMILES string of the molecule is CCNc1cnc(CN(CC)c2ccccc2C)cn1. The molecule has 4 heteroatoms. The molecule has 0 aliphatic rings. The smallest absolute Gasteiger partial charge is 0.144 e. The van der Waals surface area contributed by atoms with Crippen molar-refractivity contribution >= 4 is 11.5 Å². The number of hydrogen-bond donors (Lipinski definition) is 1. The standard InChI is InChI=1S/C16H22N4/c1-4-17-16-11-18-14(10-19-16)12-20(5-2)15-9-7-6-8-13(15)3/h6-11H,4-5,12H2,1-3H3,(H,17,19). The minimum absolute atomic E-state index is 0.779. The van der Waals surface area contributed by atoms with Gasteiger partial charge in [-0.2, -0.15) is 0 Å². The molecule has 4 nitrogen and oxygen atoms in total. The Kier molecular flexibility index (Phi) is 4.93. The third-order valence-electron chi connectivity index (χ3n) is 3.25. The van der Waals surface area contributed by atoms with Crippen molar-refractivity contribution in [3.05, 3.63) is 47.9 Å². The van der Waals surface area contributed by atoms with Crippen molar-refractivity contribution in [2.75, 3.05) is 23.3 Å². The van der Waals surface area contributed by atoms with E-state index in [2.05, 4.69) is 58.3 Å². The molecule has 0 saturated heterocycles. The van der Waals surface area contributed by atoms with Gasteiger partial charge in [0, 0.05) is 18.8 Å². The van der Waals surface area contributed by atoms with Crippen LogP contribution in [0.1, 0.15) is 25.1 Å². The highest BCUT2D eigenvalue weighted by Gasteiger charge is 2.08. The summed E-state index contributed by atoms with van der Waals surface area (Å²) in [5.74, 6) is 0.829. The van der Waals surface area contributed by atoms with E-state index in [0.29, 0.717) is 0 Å². The molecule has 0 bridgehead atoms. The van der Waals surface area contributed by atoms with Crippen LogP contribution in [-0.4, -0.2) is 23.1 Å². The molecule has 1 heterocycles. The van der Waals surface area contributed by atoms with Crippen molar-refractivity contribution in [1.82, 2.24) is 9.97 Å². The molecule has 1 aromatic carbocycles. The molecule has 0 aliphatic carbocycles. The second-order valence-electron chi connectivity index (χ2n) is 4.72. The molecule has 0 amide bonds. The third kappa shape index (κ3) is 3.47. The Bertz CT molecular complexity index is 536. The minimum atomic E-state index is 0.779. The van der Waals surface area contributed by atoms with Crippen LogP contribution in [-0.2, 0) is 6.54 Å². The molecular weight excluding hydrogens is 248 g/mol. The Morgan fingerprint density at radius 2 is 1.90 bits per heavy atom. The van der Waals surface area contributed by atoms with E-state index in [9.17, 15) is 0 Å². The van der Waals surface area contributed by atoms with Gasteiger partial charge in [-0.05, 0) is 32.4 Å². The van der Waals surface area contributed by atoms with E-state index in [1.807, 2.05) is 13.1 Å². The minimum Gasteiger partial charge on any atom is -0.369 e. The Morgan fingerprint density at radius 1 is 1.10 bits per heavy atom. The van der Waals surface area contributed by atoms with E-state index in [0.717, 1.165) is 31.1 Å². The monoisotopic (exact) mass is 270 g/mol. The average molecular weight is 270 g/mol. The number of rotatable bonds is 6. The second kappa shape index (κ2) is 6.89. The van der Waals surface area contributed by atoms with Crippen molar-refractivity contribution in [3.8, 4) is 0 Å². The number of nitrogens with one attached hydrogen (secondary N) is 1. The van der Waals surface area contributed by atoms with Gasteiger partial charge in [-0.15, -0.1) is 0 Å². The van der Waals surface area contributed by atoms with Gasteiger partial charge in [0.25, 0.3) is 0 Å². The van der Waals surface area contributed by atoms with Crippen LogP contribution < -0.4 is 10.2 Å². The largest absolute Gasteiger partial charge is 0.369 e. The molecule has 0 spiro atoms. The Hall–Kier alpha value is -2.10. The van der Waals surface area contributed by atoms with E-state index >= 15 is 0 Å². The summed E-state index contributed by atoms with van der Waals surface area (Å²) in [5, 5.41) is 3.16. The molecule has 0 saturated carbocycles. The van der Waals surface area contributed by atoms with Gasteiger partial charge < -0.3 is 10.2 Å². The zero-order valence-corrected chi connectivity index (χ0v) is 12.4. The zero-order valence-electron chi connectivity index (χ0n) is 12.4. The van der Waals surface area contributed by atoms with Gasteiger partial charge in [0.05, 0.1) is 24.6 Å². The molecule has 0 atom stereocenters. The number of anilines is 2. The van der Waals surface area contributed by atoms with E-state index in [1.165, 1.54) is 11.3 Å². The normalized spacial score (nSPS) is 10.3. The molecule has 0 fully saturated rings. The number of para-hydroxylation sites is 1. The van der Waals surface area contributed by atoms with Crippen LogP contribution in [0, 0.1) is 6.92 Å². The van der Waals surface area contributed by atoms with Gasteiger partial charge in [-0.1, -0.05) is 18.2 Å². The lowest BCUT2D eigenvalue weighted by atomic mass is 10.2. The summed E-state index contributed by atoms with van der Waals surface area (Å²) in [4.78, 5) is 11.2. The summed E-state index contributed by atoms with van der Waals surface area (Å²) in [6.07, 6.45) is 3.64. The van der Waals surface area contributed by atoms with Crippen LogP contribution in [0.25, 0.3) is 0 Å². The van der Waals surface area contributed by atoms with Gasteiger partial charge in [0.15, 0.2) is 0 Å². The van der Waals surface area contributed by atoms with Crippen LogP contribution in [0.15, 0.2) is 36.7 Å². The van der Waals surface area contributed by atoms with E-state index in [1.54, 1.807) is 6.20 Å². The highest BCUT2D eigenvalue weighted by Crippen LogP contribution is 2.20. The molecule has 2 rings (SSSR count). The summed E-state index contributed by atoms with van der Waals surface area (Å²) in [6.45, 7) is 8.93. The fraction of sp³-hybridized carbons (Fsp3) is 0.375. The lowest BCUT2D eigenvalue weighted by molar-refractivity contribution is 0.800. The van der Waals surface area contributed by atoms with Gasteiger partial charge in [-0.25, -0.2) is 4.98 Å². The first kappa shape index (κ1) is 14.3. The summed E-state index contributed by atoms with van der Waals surface area (Å²) >= 11 is 0. The summed E-state index contributed by atoms with van der Waals surface area (Å²) < 4.78 is 0. The van der Waals surface area contributed by atoms with Gasteiger partial charge >= 0.3 is 0 Å². The van der Waals surface area contributed by atoms with Crippen LogP contribution in [0.4, 0.5) is 11.5 Å². The third-order valence-corrected chi connectivity index (χ3v) is 3.25. The number of nitrogens with zero attached hydrogens (tertiary/aromatic N) is 3. The number of aromatic nitrogens is 2. The predicted molar refractivity (Wildman–Crippen MR) is 84.1 cm³/mol. The maximum absolute atomic E-state index is 4.47. The van der Waals surface area contributed by atoms with Crippen LogP contribution in [0.2, 0.25) is 0 Å². The lowest BCUT2D eigenvalue weighted by Crippen LogP contribution is -2.23. The molecule has 0 radical (unpaired) electrons. The van der Waals surface area contributed by atoms with Crippen LogP contribution in [0.5, 0.6) is 0 Å². The van der Waals surface area contributed by atoms with Gasteiger partial charge in [-0.3, -0.25) is 4.98 Å². The average Bonchev–Trinajstić information content (AvgIpc) is 2.48. The Balaban J connectivity index is 2.12. The lowest BCUT2D eigenvalue weighted by Gasteiger charge is -2.24. The fourth-order valence-corrected chi connectivity index (χ4v) is 2.19. The number of aryl methyl sites for hydroxylation is 1. The van der Waals surface area contributed by atoms with Crippen molar-refractivity contribution in [2.24, 2.45) is 0 Å². The summed E-state index contributed by atoms with van der Waals surface area (Å²) in [7, 11) is 0. The molecule has 1 N–H and O–H groups in total. The predicted octanol–water partition coefficient (Wildman–Crippen LogP) is 3.24. The molecule has 0 aliphatic heterocycles. The zero-order chi connectivity index (χ0) is 14.4. The molecule has 20 heavy (non-hydrogen) atoms. The maximum Gasteiger partial charge on any atom is 0.144 e. The quantitative estimate of drug-likeness (QED) is 0.875. The summed E-state index contributed by atoms with van der Waals surface area (Å²) in [5.41, 5.74) is 3.52. The van der Waals surface area contributed by atoms with Crippen molar-refractivity contribution in [1.29, 1.82) is 0 Å². The van der Waals surface area contributed by atoms with Crippen LogP contribution in [0.3, 0.4) is 0 Å². The molecular formula is C16H22N4. The van der Waals surface area contributed by atoms with Gasteiger partial charge in [0.2, 0.25) is 0 Å². The molecule has 106 valence electrons. The second-order valence-corrected chi connectivity index (χ2v) is 4.72. The van der Waals surface area contributed by atoms with E-state index in [4.69, 9.17) is 0 Å². The molecule has 0 unspecified atom stereocenters. The van der Waals surface area contributed by atoms with Crippen LogP contribution >= 0.6 is 0 Å². The van der Waals surface area contributed by atoms with Crippen molar-refractivity contribution in [3.63, 3.8) is 0 Å². The Morgan fingerprint density at radius 3 is 2.50 bits per heavy atom. The molecule has 2 aromatic rings. The first-order chi connectivity index (χ1) is 9.74. The number of hydrogen-bond acceptors (Lipinski definition) is 4. The topological polar surface area (TPSA) is 41.1 Å². The van der Waals surface area contributed by atoms with E-state index < -0.39 is 0 Å². The number of benzene rings is 1. The van der Waals surface area contributed by atoms with Crippen molar-refractivity contribution < 1.29 is 0 Å². The molecule has 1 aromatic heterocycles. The fourth-order valence-electron chi connectivity index (χ4n) is 2.19. The maximum atomic E-state index is 4.47. The highest BCUT2D eigenvalue weighted by atomic mass is 15.1.